The van der Waals surface area contributed by atoms with Gasteiger partial charge in [0.05, 0.1) is 53.5 Å². The quantitative estimate of drug-likeness (QED) is 0.266. The Morgan fingerprint density at radius 3 is 2.60 bits per heavy atom. The van der Waals surface area contributed by atoms with Crippen molar-refractivity contribution in [3.05, 3.63) is 63.7 Å². The number of likely N-dealkylation sites (tertiary alicyclic amines) is 2. The molecule has 4 atom stereocenters. The molecule has 9 nitrogen and oxygen atoms in total. The van der Waals surface area contributed by atoms with E-state index in [4.69, 9.17) is 21.1 Å². The summed E-state index contributed by atoms with van der Waals surface area (Å²) in [5.74, 6) is -1.94. The predicted octanol–water partition coefficient (Wildman–Crippen LogP) is 6.08. The number of fused-ring (bicyclic) bond motifs is 1. The number of amides is 2. The molecular formula is C35H41ClFN3O6S. The Bertz CT molecular complexity index is 1630. The number of anilines is 1. The molecule has 3 aromatic rings. The van der Waals surface area contributed by atoms with Crippen molar-refractivity contribution in [2.75, 3.05) is 38.7 Å². The van der Waals surface area contributed by atoms with Crippen molar-refractivity contribution in [3.63, 3.8) is 0 Å². The number of nitrogens with zero attached hydrogens (tertiary/aromatic N) is 2. The van der Waals surface area contributed by atoms with Crippen molar-refractivity contribution in [2.24, 2.45) is 11.8 Å². The Hall–Kier alpha value is -3.09. The third-order valence-electron chi connectivity index (χ3n) is 10.1. The molecule has 2 aliphatic heterocycles. The maximum atomic E-state index is 15.5. The number of halogens is 2. The van der Waals surface area contributed by atoms with Crippen LogP contribution in [0.25, 0.3) is 10.1 Å². The maximum Gasteiger partial charge on any atom is 0.306 e. The highest BCUT2D eigenvalue weighted by molar-refractivity contribution is 7.17. The third kappa shape index (κ3) is 7.49. The van der Waals surface area contributed by atoms with E-state index in [1.165, 1.54) is 23.5 Å². The van der Waals surface area contributed by atoms with Crippen molar-refractivity contribution in [3.8, 4) is 0 Å². The summed E-state index contributed by atoms with van der Waals surface area (Å²) < 4.78 is 28.4. The maximum absolute atomic E-state index is 15.5. The van der Waals surface area contributed by atoms with E-state index in [1.807, 2.05) is 29.2 Å². The summed E-state index contributed by atoms with van der Waals surface area (Å²) in [6.45, 7) is 4.67. The van der Waals surface area contributed by atoms with Crippen LogP contribution in [0.15, 0.2) is 41.8 Å². The number of carboxylic acids is 1. The van der Waals surface area contributed by atoms with E-state index in [-0.39, 0.29) is 64.7 Å². The number of ether oxygens (including phenoxy) is 2. The minimum absolute atomic E-state index is 0.0441. The molecule has 3 aliphatic rings. The van der Waals surface area contributed by atoms with Crippen molar-refractivity contribution >= 4 is 56.5 Å². The number of carboxylic acid groups (broad SMARTS) is 1. The lowest BCUT2D eigenvalue weighted by Crippen LogP contribution is -2.41. The van der Waals surface area contributed by atoms with E-state index in [0.29, 0.717) is 50.3 Å². The average Bonchev–Trinajstić information content (AvgIpc) is 3.79. The van der Waals surface area contributed by atoms with Gasteiger partial charge in [-0.15, -0.1) is 11.3 Å². The van der Waals surface area contributed by atoms with Gasteiger partial charge in [-0.25, -0.2) is 4.39 Å². The zero-order chi connectivity index (χ0) is 33.2. The number of aliphatic carboxylic acids is 1. The van der Waals surface area contributed by atoms with Crippen molar-refractivity contribution in [1.82, 2.24) is 9.80 Å². The number of rotatable bonds is 10. The van der Waals surface area contributed by atoms with Gasteiger partial charge in [0.2, 0.25) is 5.91 Å². The van der Waals surface area contributed by atoms with Gasteiger partial charge in [-0.2, -0.15) is 0 Å². The molecule has 1 aromatic heterocycles. The van der Waals surface area contributed by atoms with Gasteiger partial charge >= 0.3 is 5.97 Å². The first-order valence-corrected chi connectivity index (χ1v) is 17.5. The SMILES string of the molecule is CO[C@H]1CN([C@H]2C[C@@H](CO[C@H]3CC[C@H](C(=O)O)CC3)N(C(=O)Cc3cc(Cl)c(NC(=O)c4csc5ccccc45)cc3F)C2)C[C@H]1C. The van der Waals surface area contributed by atoms with Gasteiger partial charge < -0.3 is 24.8 Å². The number of thiophene rings is 1. The summed E-state index contributed by atoms with van der Waals surface area (Å²) in [7, 11) is 1.73. The van der Waals surface area contributed by atoms with Crippen LogP contribution >= 0.6 is 22.9 Å². The number of nitrogens with one attached hydrogen (secondary N) is 1. The topological polar surface area (TPSA) is 108 Å². The average molecular weight is 686 g/mol. The second-order valence-corrected chi connectivity index (χ2v) is 14.5. The molecule has 0 radical (unpaired) electrons. The molecule has 6 rings (SSSR count). The lowest BCUT2D eigenvalue weighted by molar-refractivity contribution is -0.144. The van der Waals surface area contributed by atoms with Gasteiger partial charge in [0.1, 0.15) is 5.82 Å². The van der Waals surface area contributed by atoms with Gasteiger partial charge in [-0.3, -0.25) is 19.3 Å². The minimum Gasteiger partial charge on any atom is -0.481 e. The number of carbonyl (C=O) groups excluding carboxylic acids is 2. The molecule has 3 heterocycles. The summed E-state index contributed by atoms with van der Waals surface area (Å²) in [6.07, 6.45) is 3.15. The molecule has 0 spiro atoms. The Morgan fingerprint density at radius 1 is 1.11 bits per heavy atom. The van der Waals surface area contributed by atoms with Gasteiger partial charge in [0.25, 0.3) is 5.91 Å². The van der Waals surface area contributed by atoms with Crippen LogP contribution in [0.2, 0.25) is 5.02 Å². The first-order valence-electron chi connectivity index (χ1n) is 16.3. The molecule has 0 unspecified atom stereocenters. The molecule has 2 saturated heterocycles. The fourth-order valence-electron chi connectivity index (χ4n) is 7.35. The minimum atomic E-state index is -0.758. The van der Waals surface area contributed by atoms with E-state index < -0.39 is 11.8 Å². The number of carbonyl (C=O) groups is 3. The lowest BCUT2D eigenvalue weighted by Gasteiger charge is -2.30. The second kappa shape index (κ2) is 14.6. The molecule has 3 fully saturated rings. The van der Waals surface area contributed by atoms with E-state index in [2.05, 4.69) is 17.1 Å². The first-order chi connectivity index (χ1) is 22.6. The van der Waals surface area contributed by atoms with Gasteiger partial charge in [0.15, 0.2) is 0 Å². The highest BCUT2D eigenvalue weighted by Crippen LogP contribution is 2.33. The highest BCUT2D eigenvalue weighted by Gasteiger charge is 2.42. The van der Waals surface area contributed by atoms with E-state index in [9.17, 15) is 19.5 Å². The fraction of sp³-hybridized carbons (Fsp3) is 0.514. The molecule has 12 heteroatoms. The van der Waals surface area contributed by atoms with E-state index in [1.54, 1.807) is 12.5 Å². The van der Waals surface area contributed by atoms with Crippen molar-refractivity contribution in [2.45, 2.75) is 69.7 Å². The Kier molecular flexibility index (Phi) is 10.5. The number of methoxy groups -OCH3 is 1. The van der Waals surface area contributed by atoms with E-state index >= 15 is 4.39 Å². The molecule has 1 saturated carbocycles. The second-order valence-electron chi connectivity index (χ2n) is 13.1. The predicted molar refractivity (Wildman–Crippen MR) is 180 cm³/mol. The zero-order valence-corrected chi connectivity index (χ0v) is 28.2. The molecule has 1 aliphatic carbocycles. The highest BCUT2D eigenvalue weighted by atomic mass is 35.5. The zero-order valence-electron chi connectivity index (χ0n) is 26.6. The Balaban J connectivity index is 1.13. The monoisotopic (exact) mass is 685 g/mol. The summed E-state index contributed by atoms with van der Waals surface area (Å²) in [6, 6.07) is 10.1. The standard InChI is InChI=1S/C35H41ClFN3O6S/c1-20-15-39(17-31(20)45-2)23-13-24(18-46-25-9-7-21(8-10-25)35(43)44)40(16-23)33(41)12-22-11-28(36)30(14-29(22)37)38-34(42)27-19-47-32-6-4-3-5-26(27)32/h3-6,11,14,19-21,23-25,31H,7-10,12-13,15-18H2,1-2H3,(H,38,42)(H,43,44)/t20-,21-,23+,24+,25-,31+/m1/s1. The molecular weight excluding hydrogens is 645 g/mol. The normalized spacial score (nSPS) is 26.6. The lowest BCUT2D eigenvalue weighted by atomic mass is 9.87. The van der Waals surface area contributed by atoms with Crippen LogP contribution in [-0.4, -0.2) is 90.3 Å². The Labute approximate surface area is 283 Å². The molecule has 252 valence electrons. The first kappa shape index (κ1) is 33.8. The number of benzene rings is 2. The van der Waals surface area contributed by atoms with Crippen LogP contribution in [0.4, 0.5) is 10.1 Å². The van der Waals surface area contributed by atoms with Gasteiger partial charge in [-0.05, 0) is 61.8 Å². The largest absolute Gasteiger partial charge is 0.481 e. The summed E-state index contributed by atoms with van der Waals surface area (Å²) >= 11 is 7.99. The van der Waals surface area contributed by atoms with E-state index in [0.717, 1.165) is 29.6 Å². The summed E-state index contributed by atoms with van der Waals surface area (Å²) in [5.41, 5.74) is 0.780. The fourth-order valence-corrected chi connectivity index (χ4v) is 8.52. The molecule has 47 heavy (non-hydrogen) atoms. The van der Waals surface area contributed by atoms with Crippen LogP contribution in [0.5, 0.6) is 0 Å². The number of hydrogen-bond donors (Lipinski definition) is 2. The summed E-state index contributed by atoms with van der Waals surface area (Å²) in [5, 5.41) is 14.8. The number of hydrogen-bond acceptors (Lipinski definition) is 7. The van der Waals surface area contributed by atoms with Crippen molar-refractivity contribution in [1.29, 1.82) is 0 Å². The molecule has 2 N–H and O–H groups in total. The summed E-state index contributed by atoms with van der Waals surface area (Å²) in [4.78, 5) is 42.4. The molecule has 0 bridgehead atoms. The van der Waals surface area contributed by atoms with Crippen LogP contribution in [0.1, 0.15) is 54.9 Å². The van der Waals surface area contributed by atoms with Crippen LogP contribution in [0.3, 0.4) is 0 Å². The van der Waals surface area contributed by atoms with Crippen LogP contribution in [0, 0.1) is 17.7 Å². The van der Waals surface area contributed by atoms with Crippen LogP contribution in [-0.2, 0) is 25.5 Å². The van der Waals surface area contributed by atoms with Gasteiger partial charge in [0, 0.05) is 48.3 Å². The Morgan fingerprint density at radius 2 is 1.87 bits per heavy atom. The molecule has 2 aromatic carbocycles. The third-order valence-corrected chi connectivity index (χ3v) is 11.4. The van der Waals surface area contributed by atoms with Crippen LogP contribution < -0.4 is 5.32 Å². The van der Waals surface area contributed by atoms with Gasteiger partial charge in [-0.1, -0.05) is 36.7 Å². The van der Waals surface area contributed by atoms with Crippen molar-refractivity contribution < 1.29 is 33.4 Å². The smallest absolute Gasteiger partial charge is 0.306 e. The molecule has 2 amide bonds.